The van der Waals surface area contributed by atoms with Crippen LogP contribution in [-0.4, -0.2) is 20.5 Å². The van der Waals surface area contributed by atoms with Gasteiger partial charge in [-0.15, -0.1) is 11.3 Å². The van der Waals surface area contributed by atoms with E-state index in [0.717, 1.165) is 9.95 Å². The number of benzene rings is 2. The number of rotatable bonds is 4. The number of hydrogen-bond acceptors (Lipinski definition) is 6. The van der Waals surface area contributed by atoms with Gasteiger partial charge in [-0.05, 0) is 30.3 Å². The molecule has 0 saturated heterocycles. The van der Waals surface area contributed by atoms with Gasteiger partial charge in [-0.1, -0.05) is 18.2 Å². The molecule has 31 heavy (non-hydrogen) atoms. The Labute approximate surface area is 175 Å². The lowest BCUT2D eigenvalue weighted by atomic mass is 10.1. The Balaban J connectivity index is 1.59. The highest BCUT2D eigenvalue weighted by atomic mass is 32.1. The number of para-hydroxylation sites is 1. The van der Waals surface area contributed by atoms with Crippen LogP contribution in [0.1, 0.15) is 21.1 Å². The van der Waals surface area contributed by atoms with Crippen molar-refractivity contribution in [2.24, 2.45) is 0 Å². The number of carbonyl (C=O) groups is 1. The number of esters is 1. The van der Waals surface area contributed by atoms with Gasteiger partial charge in [0.05, 0.1) is 27.8 Å². The molecule has 4 rings (SSSR count). The fraction of sp³-hybridized carbons (Fsp3) is 0.100. The van der Waals surface area contributed by atoms with Crippen molar-refractivity contribution in [3.63, 3.8) is 0 Å². The molecule has 0 spiro atoms. The summed E-state index contributed by atoms with van der Waals surface area (Å²) in [5.74, 6) is -0.837. The molecule has 158 valence electrons. The molecule has 0 aliphatic carbocycles. The van der Waals surface area contributed by atoms with Crippen molar-refractivity contribution in [1.82, 2.24) is 14.5 Å². The summed E-state index contributed by atoms with van der Waals surface area (Å²) in [6.07, 6.45) is -4.57. The number of nitrogens with zero attached hydrogens (tertiary/aromatic N) is 2. The average molecular weight is 447 g/mol. The standard InChI is InChI=1S/C20H12F3N3O4S/c21-20(22,23)18-24-12(10-31-18)9-30-17(28)11-6-7-14-15(8-11)25-19(29)26(16(14)27)13-4-2-1-3-5-13/h1-8,10H,9H2,(H,25,29). The third kappa shape index (κ3) is 4.12. The average Bonchev–Trinajstić information content (AvgIpc) is 3.22. The van der Waals surface area contributed by atoms with Crippen molar-refractivity contribution in [1.29, 1.82) is 0 Å². The molecule has 0 bridgehead atoms. The molecule has 11 heteroatoms. The van der Waals surface area contributed by atoms with Gasteiger partial charge >= 0.3 is 17.8 Å². The van der Waals surface area contributed by atoms with E-state index in [4.69, 9.17) is 4.74 Å². The zero-order valence-corrected chi connectivity index (χ0v) is 16.3. The summed E-state index contributed by atoms with van der Waals surface area (Å²) >= 11 is 0.404. The summed E-state index contributed by atoms with van der Waals surface area (Å²) in [6.45, 7) is -0.449. The molecular formula is C20H12F3N3O4S. The number of carbonyl (C=O) groups excluding carboxylic acids is 1. The Hall–Kier alpha value is -3.73. The second-order valence-electron chi connectivity index (χ2n) is 6.38. The van der Waals surface area contributed by atoms with Gasteiger partial charge in [-0.3, -0.25) is 4.79 Å². The first-order valence-corrected chi connectivity index (χ1v) is 9.65. The third-order valence-corrected chi connectivity index (χ3v) is 5.23. The highest BCUT2D eigenvalue weighted by Gasteiger charge is 2.34. The van der Waals surface area contributed by atoms with Gasteiger partial charge < -0.3 is 9.72 Å². The van der Waals surface area contributed by atoms with Gasteiger partial charge in [0.15, 0.2) is 5.01 Å². The quantitative estimate of drug-likeness (QED) is 0.483. The molecule has 4 aromatic rings. The third-order valence-electron chi connectivity index (χ3n) is 4.29. The van der Waals surface area contributed by atoms with Crippen molar-refractivity contribution in [2.75, 3.05) is 0 Å². The summed E-state index contributed by atoms with van der Waals surface area (Å²) in [7, 11) is 0. The van der Waals surface area contributed by atoms with Crippen LogP contribution in [0, 0.1) is 0 Å². The monoisotopic (exact) mass is 447 g/mol. The van der Waals surface area contributed by atoms with Gasteiger partial charge in [0.1, 0.15) is 6.61 Å². The van der Waals surface area contributed by atoms with Crippen LogP contribution in [0.4, 0.5) is 13.2 Å². The largest absolute Gasteiger partial charge is 0.456 e. The highest BCUT2D eigenvalue weighted by Crippen LogP contribution is 2.31. The number of H-pyrrole nitrogens is 1. The number of halogens is 3. The number of alkyl halides is 3. The van der Waals surface area contributed by atoms with Gasteiger partial charge in [-0.25, -0.2) is 19.1 Å². The van der Waals surface area contributed by atoms with Crippen LogP contribution in [0.2, 0.25) is 0 Å². The molecular weight excluding hydrogens is 435 g/mol. The number of thiazole rings is 1. The van der Waals surface area contributed by atoms with Crippen LogP contribution < -0.4 is 11.2 Å². The minimum Gasteiger partial charge on any atom is -0.456 e. The zero-order valence-electron chi connectivity index (χ0n) is 15.5. The second-order valence-corrected chi connectivity index (χ2v) is 7.24. The summed E-state index contributed by atoms with van der Waals surface area (Å²) < 4.78 is 43.8. The lowest BCUT2D eigenvalue weighted by Crippen LogP contribution is -2.33. The number of nitrogens with one attached hydrogen (secondary N) is 1. The number of fused-ring (bicyclic) bond motifs is 1. The maximum absolute atomic E-state index is 12.8. The SMILES string of the molecule is O=C(OCc1csc(C(F)(F)F)n1)c1ccc2c(=O)n(-c3ccccc3)c(=O)[nH]c2c1. The molecule has 0 amide bonds. The van der Waals surface area contributed by atoms with Crippen LogP contribution in [0.3, 0.4) is 0 Å². The molecule has 7 nitrogen and oxygen atoms in total. The number of hydrogen-bond donors (Lipinski definition) is 1. The van der Waals surface area contributed by atoms with Crippen molar-refractivity contribution < 1.29 is 22.7 Å². The van der Waals surface area contributed by atoms with E-state index < -0.39 is 35.0 Å². The molecule has 0 aliphatic heterocycles. The summed E-state index contributed by atoms with van der Waals surface area (Å²) in [6, 6.07) is 12.3. The van der Waals surface area contributed by atoms with E-state index >= 15 is 0 Å². The van der Waals surface area contributed by atoms with Crippen LogP contribution in [0.25, 0.3) is 16.6 Å². The van der Waals surface area contributed by atoms with Crippen LogP contribution in [0.5, 0.6) is 0 Å². The van der Waals surface area contributed by atoms with E-state index in [1.165, 1.54) is 18.2 Å². The molecule has 2 heterocycles. The first kappa shape index (κ1) is 20.5. The Bertz CT molecular complexity index is 1390. The van der Waals surface area contributed by atoms with Crippen molar-refractivity contribution in [2.45, 2.75) is 12.8 Å². The first-order chi connectivity index (χ1) is 14.7. The normalized spacial score (nSPS) is 11.6. The predicted octanol–water partition coefficient (Wildman–Crippen LogP) is 3.51. The lowest BCUT2D eigenvalue weighted by Gasteiger charge is -2.08. The molecule has 0 radical (unpaired) electrons. The van der Waals surface area contributed by atoms with Crippen molar-refractivity contribution >= 4 is 28.2 Å². The van der Waals surface area contributed by atoms with Crippen LogP contribution in [-0.2, 0) is 17.5 Å². The molecule has 1 N–H and O–H groups in total. The number of ether oxygens (including phenoxy) is 1. The number of aromatic amines is 1. The van der Waals surface area contributed by atoms with Crippen molar-refractivity contribution in [3.05, 3.63) is 91.0 Å². The Morgan fingerprint density at radius 1 is 1.13 bits per heavy atom. The molecule has 0 saturated carbocycles. The van der Waals surface area contributed by atoms with Crippen LogP contribution in [0.15, 0.2) is 63.5 Å². The Morgan fingerprint density at radius 2 is 1.87 bits per heavy atom. The maximum atomic E-state index is 12.8. The second kappa shape index (κ2) is 7.84. The van der Waals surface area contributed by atoms with E-state index in [-0.39, 0.29) is 22.2 Å². The van der Waals surface area contributed by atoms with Gasteiger partial charge in [-0.2, -0.15) is 13.2 Å². The first-order valence-electron chi connectivity index (χ1n) is 8.77. The minimum absolute atomic E-state index is 0.0197. The summed E-state index contributed by atoms with van der Waals surface area (Å²) in [4.78, 5) is 43.4. The number of aromatic nitrogens is 3. The van der Waals surface area contributed by atoms with Crippen LogP contribution >= 0.6 is 11.3 Å². The van der Waals surface area contributed by atoms with E-state index in [0.29, 0.717) is 17.0 Å². The molecule has 0 aliphatic rings. The topological polar surface area (TPSA) is 94.0 Å². The lowest BCUT2D eigenvalue weighted by molar-refractivity contribution is -0.137. The van der Waals surface area contributed by atoms with E-state index in [1.54, 1.807) is 30.3 Å². The summed E-state index contributed by atoms with van der Waals surface area (Å²) in [5.41, 5.74) is -0.745. The fourth-order valence-corrected chi connectivity index (χ4v) is 3.55. The Morgan fingerprint density at radius 3 is 2.55 bits per heavy atom. The van der Waals surface area contributed by atoms with E-state index in [9.17, 15) is 27.6 Å². The maximum Gasteiger partial charge on any atom is 0.443 e. The highest BCUT2D eigenvalue weighted by molar-refractivity contribution is 7.09. The van der Waals surface area contributed by atoms with E-state index in [2.05, 4.69) is 9.97 Å². The van der Waals surface area contributed by atoms with Crippen molar-refractivity contribution in [3.8, 4) is 5.69 Å². The Kier molecular flexibility index (Phi) is 5.19. The molecule has 2 aromatic heterocycles. The van der Waals surface area contributed by atoms with Gasteiger partial charge in [0.25, 0.3) is 5.56 Å². The van der Waals surface area contributed by atoms with Gasteiger partial charge in [0, 0.05) is 5.38 Å². The minimum atomic E-state index is -4.57. The molecule has 2 aromatic carbocycles. The smallest absolute Gasteiger partial charge is 0.443 e. The van der Waals surface area contributed by atoms with E-state index in [1.807, 2.05) is 0 Å². The summed E-state index contributed by atoms with van der Waals surface area (Å²) in [5, 5.41) is 0.297. The zero-order chi connectivity index (χ0) is 22.2. The molecule has 0 unspecified atom stereocenters. The van der Waals surface area contributed by atoms with Gasteiger partial charge in [0.2, 0.25) is 0 Å². The fourth-order valence-electron chi connectivity index (χ4n) is 2.88. The molecule has 0 fully saturated rings. The predicted molar refractivity (Wildman–Crippen MR) is 106 cm³/mol. The molecule has 0 atom stereocenters.